The van der Waals surface area contributed by atoms with E-state index in [1.807, 2.05) is 36.4 Å². The first kappa shape index (κ1) is 20.8. The number of imide groups is 2. The van der Waals surface area contributed by atoms with Crippen LogP contribution < -0.4 is 9.80 Å². The summed E-state index contributed by atoms with van der Waals surface area (Å²) in [5.74, 6) is -3.14. The minimum Gasteiger partial charge on any atom is -0.274 e. The maximum Gasteiger partial charge on any atom is 0.238 e. The largest absolute Gasteiger partial charge is 0.274 e. The van der Waals surface area contributed by atoms with Crippen molar-refractivity contribution < 1.29 is 19.2 Å². The molecule has 4 amide bonds. The summed E-state index contributed by atoms with van der Waals surface area (Å²) >= 11 is 6.79. The quantitative estimate of drug-likeness (QED) is 0.394. The summed E-state index contributed by atoms with van der Waals surface area (Å²) in [6.45, 7) is 0. The van der Waals surface area contributed by atoms with Crippen LogP contribution in [0.4, 0.5) is 11.4 Å². The van der Waals surface area contributed by atoms with Crippen molar-refractivity contribution >= 4 is 66.9 Å². The van der Waals surface area contributed by atoms with Crippen molar-refractivity contribution in [3.05, 3.63) is 69.6 Å². The predicted octanol–water partition coefficient (Wildman–Crippen LogP) is 4.18. The molecule has 2 aromatic rings. The smallest absolute Gasteiger partial charge is 0.238 e. The molecule has 2 aromatic carbocycles. The molecule has 170 valence electrons. The fourth-order valence-corrected chi connectivity index (χ4v) is 7.82. The molecule has 4 fully saturated rings. The molecule has 0 N–H and O–H groups in total. The number of nitrogens with zero attached hydrogens (tertiary/aromatic N) is 2. The van der Waals surface area contributed by atoms with Gasteiger partial charge in [-0.1, -0.05) is 44.0 Å². The fraction of sp³-hybridized carbons (Fsp3) is 0.308. The molecule has 0 spiro atoms. The number of hydrogen-bond donors (Lipinski definition) is 0. The van der Waals surface area contributed by atoms with Crippen LogP contribution in [0.1, 0.15) is 0 Å². The van der Waals surface area contributed by atoms with E-state index in [1.54, 1.807) is 24.3 Å². The van der Waals surface area contributed by atoms with E-state index in [-0.39, 0.29) is 47.3 Å². The molecule has 0 aromatic heterocycles. The molecule has 2 aliphatic heterocycles. The average molecular weight is 582 g/mol. The van der Waals surface area contributed by atoms with Crippen molar-refractivity contribution in [2.24, 2.45) is 47.3 Å². The van der Waals surface area contributed by atoms with E-state index in [2.05, 4.69) is 31.9 Å². The Balaban J connectivity index is 1.25. The van der Waals surface area contributed by atoms with Crippen LogP contribution in [0.5, 0.6) is 0 Å². The molecule has 2 heterocycles. The lowest BCUT2D eigenvalue weighted by Crippen LogP contribution is -2.63. The number of fused-ring (bicyclic) bond motifs is 1. The molecule has 2 bridgehead atoms. The summed E-state index contributed by atoms with van der Waals surface area (Å²) in [4.78, 5) is 56.6. The highest BCUT2D eigenvalue weighted by molar-refractivity contribution is 9.10. The highest BCUT2D eigenvalue weighted by Crippen LogP contribution is 2.68. The van der Waals surface area contributed by atoms with Crippen molar-refractivity contribution in [2.45, 2.75) is 0 Å². The summed E-state index contributed by atoms with van der Waals surface area (Å²) < 4.78 is 1.74. The Morgan fingerprint density at radius 3 is 1.18 bits per heavy atom. The fourth-order valence-electron chi connectivity index (χ4n) is 7.29. The van der Waals surface area contributed by atoms with Crippen LogP contribution in [0, 0.1) is 47.3 Å². The van der Waals surface area contributed by atoms with Gasteiger partial charge in [-0.25, -0.2) is 0 Å². The van der Waals surface area contributed by atoms with Gasteiger partial charge in [-0.05, 0) is 72.2 Å². The molecule has 2 saturated heterocycles. The number of anilines is 2. The molecule has 2 saturated carbocycles. The number of carbonyl (C=O) groups excluding carboxylic acids is 4. The number of halogens is 2. The zero-order chi connectivity index (χ0) is 23.5. The number of allylic oxidation sites excluding steroid dienone is 2. The molecule has 34 heavy (non-hydrogen) atoms. The van der Waals surface area contributed by atoms with Crippen LogP contribution >= 0.6 is 31.9 Å². The third-order valence-corrected chi connectivity index (χ3v) is 9.57. The molecular weight excluding hydrogens is 564 g/mol. The van der Waals surface area contributed by atoms with Crippen LogP contribution in [0.2, 0.25) is 0 Å². The van der Waals surface area contributed by atoms with Crippen LogP contribution in [-0.4, -0.2) is 23.6 Å². The zero-order valence-corrected chi connectivity index (χ0v) is 20.8. The van der Waals surface area contributed by atoms with Gasteiger partial charge in [-0.3, -0.25) is 29.0 Å². The second-order valence-corrected chi connectivity index (χ2v) is 11.6. The maximum absolute atomic E-state index is 13.6. The van der Waals surface area contributed by atoms with Crippen LogP contribution in [0.3, 0.4) is 0 Å². The number of hydrogen-bond acceptors (Lipinski definition) is 4. The normalized spacial score (nSPS) is 37.1. The van der Waals surface area contributed by atoms with Gasteiger partial charge in [-0.2, -0.15) is 0 Å². The van der Waals surface area contributed by atoms with Crippen molar-refractivity contribution in [2.75, 3.05) is 9.80 Å². The summed E-state index contributed by atoms with van der Waals surface area (Å²) in [6.07, 6.45) is 4.05. The zero-order valence-electron chi connectivity index (χ0n) is 17.7. The van der Waals surface area contributed by atoms with Crippen molar-refractivity contribution in [3.8, 4) is 0 Å². The van der Waals surface area contributed by atoms with Crippen LogP contribution in [0.15, 0.2) is 69.6 Å². The lowest BCUT2D eigenvalue weighted by atomic mass is 9.40. The van der Waals surface area contributed by atoms with Gasteiger partial charge in [0, 0.05) is 8.95 Å². The maximum atomic E-state index is 13.6. The summed E-state index contributed by atoms with van der Waals surface area (Å²) in [5, 5.41) is 0. The van der Waals surface area contributed by atoms with Gasteiger partial charge in [0.25, 0.3) is 0 Å². The number of benzene rings is 2. The van der Waals surface area contributed by atoms with Gasteiger partial charge < -0.3 is 0 Å². The highest BCUT2D eigenvalue weighted by atomic mass is 79.9. The van der Waals surface area contributed by atoms with E-state index in [9.17, 15) is 19.2 Å². The second kappa shape index (κ2) is 6.98. The van der Waals surface area contributed by atoms with Gasteiger partial charge >= 0.3 is 0 Å². The third kappa shape index (κ3) is 2.45. The van der Waals surface area contributed by atoms with E-state index in [1.165, 1.54) is 9.80 Å². The average Bonchev–Trinajstić information content (AvgIpc) is 3.19. The third-order valence-electron chi connectivity index (χ3n) is 8.51. The first-order chi connectivity index (χ1) is 16.4. The molecular formula is C26H18Br2N2O4. The van der Waals surface area contributed by atoms with Crippen molar-refractivity contribution in [1.29, 1.82) is 0 Å². The monoisotopic (exact) mass is 580 g/mol. The van der Waals surface area contributed by atoms with Crippen LogP contribution in [-0.2, 0) is 19.2 Å². The second-order valence-electron chi connectivity index (χ2n) is 9.77. The molecule has 6 aliphatic rings. The van der Waals surface area contributed by atoms with E-state index in [0.29, 0.717) is 11.4 Å². The number of amides is 4. The number of rotatable bonds is 2. The summed E-state index contributed by atoms with van der Waals surface area (Å²) in [6, 6.07) is 14.3. The van der Waals surface area contributed by atoms with E-state index in [4.69, 9.17) is 0 Å². The lowest BCUT2D eigenvalue weighted by Gasteiger charge is -2.60. The van der Waals surface area contributed by atoms with Gasteiger partial charge in [0.1, 0.15) is 0 Å². The Bertz CT molecular complexity index is 1270. The minimum atomic E-state index is -0.474. The van der Waals surface area contributed by atoms with Crippen molar-refractivity contribution in [1.82, 2.24) is 0 Å². The van der Waals surface area contributed by atoms with Crippen molar-refractivity contribution in [3.63, 3.8) is 0 Å². The molecule has 4 aliphatic carbocycles. The highest BCUT2D eigenvalue weighted by Gasteiger charge is 2.75. The first-order valence-corrected chi connectivity index (χ1v) is 12.9. The molecule has 8 atom stereocenters. The molecule has 0 unspecified atom stereocenters. The number of carbonyl (C=O) groups is 4. The summed E-state index contributed by atoms with van der Waals surface area (Å²) in [5.41, 5.74) is 1.13. The van der Waals surface area contributed by atoms with E-state index in [0.717, 1.165) is 8.95 Å². The molecule has 8 heteroatoms. The minimum absolute atomic E-state index is 0.0835. The topological polar surface area (TPSA) is 74.8 Å². The first-order valence-electron chi connectivity index (χ1n) is 11.3. The Hall–Kier alpha value is -2.58. The van der Waals surface area contributed by atoms with Gasteiger partial charge in [0.15, 0.2) is 0 Å². The standard InChI is InChI=1S/C26H18Br2N2O4/c27-11-1-5-13(6-2-11)29-23(31)19-15-9-10-16(20(19)24(29)32)18-17(15)21-22(18)26(34)30(25(21)33)14-7-3-12(28)4-8-14/h1-10,15-22H/t15-,16+,17-,18-,19+,20-,21+,22-/m0/s1. The molecule has 6 nitrogen and oxygen atoms in total. The Labute approximate surface area is 212 Å². The summed E-state index contributed by atoms with van der Waals surface area (Å²) in [7, 11) is 0. The Morgan fingerprint density at radius 1 is 0.500 bits per heavy atom. The Morgan fingerprint density at radius 2 is 0.824 bits per heavy atom. The molecule has 0 radical (unpaired) electrons. The van der Waals surface area contributed by atoms with Gasteiger partial charge in [0.2, 0.25) is 23.6 Å². The lowest BCUT2D eigenvalue weighted by molar-refractivity contribution is -0.166. The van der Waals surface area contributed by atoms with E-state index >= 15 is 0 Å². The SMILES string of the molecule is O=C1[C@@H]2[C@H]3C=C[C@@H]([C@@H]2C(=O)N1c1ccc(Br)cc1)[C@@H]1[C@@H]2C(=O)N(c4ccc(Br)cc4)C(=O)[C@@H]2[C@@H]31. The van der Waals surface area contributed by atoms with E-state index < -0.39 is 23.7 Å². The predicted molar refractivity (Wildman–Crippen MR) is 130 cm³/mol. The molecule has 8 rings (SSSR count). The Kier molecular flexibility index (Phi) is 4.26. The van der Waals surface area contributed by atoms with Gasteiger partial charge in [-0.15, -0.1) is 0 Å². The van der Waals surface area contributed by atoms with Gasteiger partial charge in [0.05, 0.1) is 35.0 Å². The van der Waals surface area contributed by atoms with Crippen LogP contribution in [0.25, 0.3) is 0 Å².